The van der Waals surface area contributed by atoms with Gasteiger partial charge in [-0.3, -0.25) is 4.79 Å². The molecule has 0 aliphatic heterocycles. The van der Waals surface area contributed by atoms with Crippen molar-refractivity contribution >= 4 is 14.9 Å². The lowest BCUT2D eigenvalue weighted by molar-refractivity contribution is 0.103. The van der Waals surface area contributed by atoms with Crippen LogP contribution >= 0.6 is 9.12 Å². The Morgan fingerprint density at radius 2 is 1.27 bits per heavy atom. The molecular formula is C21H20O4P+. The van der Waals surface area contributed by atoms with Gasteiger partial charge in [-0.15, -0.1) is 0 Å². The van der Waals surface area contributed by atoms with Crippen molar-refractivity contribution in [2.75, 3.05) is 14.2 Å². The van der Waals surface area contributed by atoms with Crippen molar-refractivity contribution in [3.8, 4) is 22.6 Å². The van der Waals surface area contributed by atoms with Crippen LogP contribution in [-0.4, -0.2) is 20.0 Å². The van der Waals surface area contributed by atoms with Gasteiger partial charge in [-0.25, -0.2) is 0 Å². The Kier molecular flexibility index (Phi) is 7.07. The van der Waals surface area contributed by atoms with Crippen LogP contribution in [0.1, 0.15) is 15.9 Å². The fraction of sp³-hybridized carbons (Fsp3) is 0.0952. The summed E-state index contributed by atoms with van der Waals surface area (Å²) in [4.78, 5) is 13.2. The van der Waals surface area contributed by atoms with Crippen molar-refractivity contribution in [3.05, 3.63) is 83.9 Å². The standard InChI is InChI=1S/C21H18O3.H2OP/c1-23-18-13-8-14-19(24-2)20(18)21(22)17-12-7-6-11-16(17)15-9-4-3-5-10-15;1-2/h3-14H,1-2H3;2H2/q;+1. The van der Waals surface area contributed by atoms with Gasteiger partial charge in [-0.05, 0) is 23.3 Å². The maximum absolute atomic E-state index is 13.2. The molecular weight excluding hydrogens is 347 g/mol. The Labute approximate surface area is 155 Å². The molecule has 3 aromatic rings. The monoisotopic (exact) mass is 367 g/mol. The average molecular weight is 367 g/mol. The topological polar surface area (TPSA) is 52.6 Å². The van der Waals surface area contributed by atoms with Crippen molar-refractivity contribution in [3.63, 3.8) is 0 Å². The zero-order valence-electron chi connectivity index (χ0n) is 14.6. The van der Waals surface area contributed by atoms with Gasteiger partial charge in [0.05, 0.1) is 14.2 Å². The summed E-state index contributed by atoms with van der Waals surface area (Å²) in [6.07, 6.45) is 0. The Balaban J connectivity index is 0.00000117. The molecule has 0 radical (unpaired) electrons. The van der Waals surface area contributed by atoms with Crippen LogP contribution in [0.2, 0.25) is 0 Å². The minimum absolute atomic E-state index is 0.122. The van der Waals surface area contributed by atoms with Crippen LogP contribution in [0.4, 0.5) is 0 Å². The van der Waals surface area contributed by atoms with E-state index in [2.05, 4.69) is 0 Å². The predicted molar refractivity (Wildman–Crippen MR) is 105 cm³/mol. The van der Waals surface area contributed by atoms with Gasteiger partial charge in [0, 0.05) is 5.56 Å². The first-order chi connectivity index (χ1) is 12.8. The van der Waals surface area contributed by atoms with E-state index in [0.717, 1.165) is 11.1 Å². The van der Waals surface area contributed by atoms with E-state index in [0.29, 0.717) is 22.6 Å². The van der Waals surface area contributed by atoms with E-state index in [1.807, 2.05) is 54.6 Å². The minimum atomic E-state index is -0.122. The van der Waals surface area contributed by atoms with Gasteiger partial charge in [0.15, 0.2) is 0 Å². The molecule has 26 heavy (non-hydrogen) atoms. The number of ketones is 1. The number of benzene rings is 3. The molecule has 132 valence electrons. The maximum Gasteiger partial charge on any atom is 0.310 e. The maximum atomic E-state index is 13.2. The Morgan fingerprint density at radius 1 is 0.731 bits per heavy atom. The summed E-state index contributed by atoms with van der Waals surface area (Å²) in [6.45, 7) is 0. The third kappa shape index (κ3) is 3.98. The molecule has 0 bridgehead atoms. The van der Waals surface area contributed by atoms with Crippen LogP contribution in [0, 0.1) is 0 Å². The number of ether oxygens (including phenoxy) is 2. The van der Waals surface area contributed by atoms with Gasteiger partial charge < -0.3 is 9.47 Å². The molecule has 5 heteroatoms. The zero-order valence-corrected chi connectivity index (χ0v) is 15.8. The summed E-state index contributed by atoms with van der Waals surface area (Å²) >= 11 is 0. The molecule has 0 N–H and O–H groups in total. The van der Waals surface area contributed by atoms with E-state index in [1.165, 1.54) is 9.12 Å². The molecule has 0 spiro atoms. The molecule has 0 aliphatic rings. The molecule has 3 aromatic carbocycles. The number of hydrogen-bond donors (Lipinski definition) is 0. The van der Waals surface area contributed by atoms with Gasteiger partial charge in [0.2, 0.25) is 5.78 Å². The zero-order chi connectivity index (χ0) is 18.9. The molecule has 1 unspecified atom stereocenters. The van der Waals surface area contributed by atoms with E-state index >= 15 is 0 Å². The first-order valence-corrected chi connectivity index (χ1v) is 8.37. The second-order valence-corrected chi connectivity index (χ2v) is 5.28. The fourth-order valence-corrected chi connectivity index (χ4v) is 2.76. The van der Waals surface area contributed by atoms with Crippen LogP contribution in [0.3, 0.4) is 0 Å². The number of carbonyl (C=O) groups excluding carboxylic acids is 1. The summed E-state index contributed by atoms with van der Waals surface area (Å²) in [5.74, 6) is 0.883. The van der Waals surface area contributed by atoms with E-state index in [4.69, 9.17) is 14.0 Å². The molecule has 4 nitrogen and oxygen atoms in total. The summed E-state index contributed by atoms with van der Waals surface area (Å²) < 4.78 is 18.9. The SMILES string of the molecule is COc1cccc(OC)c1C(=O)c1ccccc1-c1ccccc1.O=[PH2+]. The van der Waals surface area contributed by atoms with Gasteiger partial charge in [-0.2, -0.15) is 0 Å². The number of rotatable bonds is 5. The van der Waals surface area contributed by atoms with Crippen LogP contribution in [0.15, 0.2) is 72.8 Å². The lowest BCUT2D eigenvalue weighted by Gasteiger charge is -2.14. The summed E-state index contributed by atoms with van der Waals surface area (Å²) in [5, 5.41) is 0. The van der Waals surface area contributed by atoms with Crippen molar-refractivity contribution in [2.24, 2.45) is 0 Å². The van der Waals surface area contributed by atoms with Crippen molar-refractivity contribution in [2.45, 2.75) is 0 Å². The highest BCUT2D eigenvalue weighted by Gasteiger charge is 2.22. The lowest BCUT2D eigenvalue weighted by Crippen LogP contribution is -2.08. The second kappa shape index (κ2) is 9.50. The third-order valence-corrected chi connectivity index (χ3v) is 3.91. The third-order valence-electron chi connectivity index (χ3n) is 3.91. The minimum Gasteiger partial charge on any atom is -0.496 e. The highest BCUT2D eigenvalue weighted by molar-refractivity contribution is 7.00. The summed E-state index contributed by atoms with van der Waals surface area (Å²) in [6, 6.07) is 22.8. The molecule has 3 rings (SSSR count). The largest absolute Gasteiger partial charge is 0.496 e. The van der Waals surface area contributed by atoms with Crippen LogP contribution in [0.5, 0.6) is 11.5 Å². The Morgan fingerprint density at radius 3 is 1.85 bits per heavy atom. The van der Waals surface area contributed by atoms with E-state index in [1.54, 1.807) is 32.4 Å². The number of hydrogen-bond acceptors (Lipinski definition) is 4. The van der Waals surface area contributed by atoms with Gasteiger partial charge in [0.25, 0.3) is 0 Å². The quantitative estimate of drug-likeness (QED) is 0.480. The first kappa shape index (κ1) is 19.4. The van der Waals surface area contributed by atoms with Crippen molar-refractivity contribution < 1.29 is 18.8 Å². The molecule has 0 saturated heterocycles. The van der Waals surface area contributed by atoms with Crippen molar-refractivity contribution in [1.82, 2.24) is 0 Å². The van der Waals surface area contributed by atoms with Gasteiger partial charge >= 0.3 is 9.12 Å². The molecule has 1 atom stereocenters. The lowest BCUT2D eigenvalue weighted by atomic mass is 9.93. The molecule has 0 fully saturated rings. The van der Waals surface area contributed by atoms with Gasteiger partial charge in [0.1, 0.15) is 17.1 Å². The fourth-order valence-electron chi connectivity index (χ4n) is 2.76. The smallest absolute Gasteiger partial charge is 0.310 e. The van der Waals surface area contributed by atoms with E-state index in [9.17, 15) is 4.79 Å². The highest BCUT2D eigenvalue weighted by Crippen LogP contribution is 2.33. The summed E-state index contributed by atoms with van der Waals surface area (Å²) in [7, 11) is 4.27. The van der Waals surface area contributed by atoms with Gasteiger partial charge in [-0.1, -0.05) is 65.2 Å². The highest BCUT2D eigenvalue weighted by atomic mass is 31.0. The Hall–Kier alpha value is -2.97. The van der Waals surface area contributed by atoms with Crippen LogP contribution < -0.4 is 9.47 Å². The summed E-state index contributed by atoms with van der Waals surface area (Å²) in [5.41, 5.74) is 2.93. The molecule has 0 saturated carbocycles. The normalized spacial score (nSPS) is 9.62. The average Bonchev–Trinajstić information content (AvgIpc) is 2.74. The predicted octanol–water partition coefficient (Wildman–Crippen LogP) is 4.81. The molecule has 0 aromatic heterocycles. The second-order valence-electron chi connectivity index (χ2n) is 5.28. The number of carbonyl (C=O) groups is 1. The molecule has 0 amide bonds. The van der Waals surface area contributed by atoms with E-state index in [-0.39, 0.29) is 5.78 Å². The Bertz CT molecular complexity index is 856. The van der Waals surface area contributed by atoms with E-state index < -0.39 is 0 Å². The molecule has 0 heterocycles. The van der Waals surface area contributed by atoms with Crippen LogP contribution in [0.25, 0.3) is 11.1 Å². The molecule has 0 aliphatic carbocycles. The van der Waals surface area contributed by atoms with Crippen molar-refractivity contribution in [1.29, 1.82) is 0 Å². The number of methoxy groups -OCH3 is 2. The van der Waals surface area contributed by atoms with Crippen LogP contribution in [-0.2, 0) is 4.57 Å². The first-order valence-electron chi connectivity index (χ1n) is 7.90.